The fourth-order valence-corrected chi connectivity index (χ4v) is 8.11. The number of rotatable bonds is 27. The van der Waals surface area contributed by atoms with Crippen molar-refractivity contribution in [2.24, 2.45) is 28.7 Å². The van der Waals surface area contributed by atoms with Crippen molar-refractivity contribution in [3.63, 3.8) is 0 Å². The number of carbonyl (C=O) groups excluding carboxylic acids is 3. The van der Waals surface area contributed by atoms with Gasteiger partial charge in [0.15, 0.2) is 17.7 Å². The molecule has 9 atom stereocenters. The third-order valence-corrected chi connectivity index (χ3v) is 12.8. The zero-order valence-corrected chi connectivity index (χ0v) is 45.0. The molecule has 0 spiro atoms. The van der Waals surface area contributed by atoms with Crippen molar-refractivity contribution < 1.29 is 96.9 Å². The second-order valence-corrected chi connectivity index (χ2v) is 20.0. The average Bonchev–Trinajstić information content (AvgIpc) is 3.94. The van der Waals surface area contributed by atoms with Crippen molar-refractivity contribution in [2.45, 2.75) is 100 Å². The molecule has 3 aromatic rings. The van der Waals surface area contributed by atoms with Crippen LogP contribution in [0, 0.1) is 0 Å². The van der Waals surface area contributed by atoms with Crippen LogP contribution in [0.25, 0.3) is 17.2 Å². The highest BCUT2D eigenvalue weighted by Gasteiger charge is 2.44. The van der Waals surface area contributed by atoms with Crippen molar-refractivity contribution in [2.75, 3.05) is 48.4 Å². The molecule has 4 rings (SSSR count). The Balaban J connectivity index is 0.00000105. The zero-order valence-electron chi connectivity index (χ0n) is 42.6. The summed E-state index contributed by atoms with van der Waals surface area (Å²) >= 11 is 1.99. The number of nitrogens with one attached hydrogen (secondary N) is 2. The predicted octanol–water partition coefficient (Wildman–Crippen LogP) is -3.79. The van der Waals surface area contributed by atoms with Crippen LogP contribution < -0.4 is 45.0 Å². The van der Waals surface area contributed by atoms with Crippen LogP contribution in [0.3, 0.4) is 0 Å². The van der Waals surface area contributed by atoms with Crippen LogP contribution in [0.15, 0.2) is 49.1 Å². The first kappa shape index (κ1) is 72.5. The SMILES string of the molecule is CC(O)C(=O)SCC(NC(=O)CCC(N)C(=O)O)C(=O)NCC(=O)O.NCCCCCN.N[C@@H](CS(=O)(=O)O)C(=O)O.Nc1ncnc2c1ncn2[C@@H]1O[C@H](CSCC[C@H](N)C(=O)O)[C@@H](O)[C@H]1O.O=C(O)/C=C/c1ccccc1. The second-order valence-electron chi connectivity index (χ2n) is 16.4. The minimum atomic E-state index is -4.27. The second kappa shape index (κ2) is 39.0. The quantitative estimate of drug-likeness (QED) is 0.0198. The Labute approximate surface area is 460 Å². The van der Waals surface area contributed by atoms with E-state index in [1.807, 2.05) is 30.3 Å². The molecule has 444 valence electrons. The third-order valence-electron chi connectivity index (χ3n) is 9.80. The highest BCUT2D eigenvalue weighted by Crippen LogP contribution is 2.33. The molecule has 0 radical (unpaired) electrons. The molecular formula is C44H70N12O20S3. The van der Waals surface area contributed by atoms with E-state index in [1.54, 1.807) is 6.08 Å². The molecule has 3 unspecified atom stereocenters. The molecule has 1 aliphatic heterocycles. The summed E-state index contributed by atoms with van der Waals surface area (Å²) in [7, 11) is -4.27. The summed E-state index contributed by atoms with van der Waals surface area (Å²) in [6, 6.07) is 4.35. The molecule has 0 aliphatic carbocycles. The number of carboxylic acids is 5. The molecule has 3 heterocycles. The number of anilines is 1. The van der Waals surface area contributed by atoms with Crippen molar-refractivity contribution in [1.29, 1.82) is 0 Å². The van der Waals surface area contributed by atoms with E-state index in [0.717, 1.165) is 37.6 Å². The number of imidazole rings is 1. The smallest absolute Gasteiger partial charge is 0.328 e. The number of thioether (sulfide) groups is 2. The van der Waals surface area contributed by atoms with E-state index in [-0.39, 0.29) is 24.4 Å². The van der Waals surface area contributed by atoms with Gasteiger partial charge in [0.05, 0.1) is 12.4 Å². The van der Waals surface area contributed by atoms with Crippen LogP contribution in [-0.2, 0) is 53.2 Å². The molecule has 79 heavy (non-hydrogen) atoms. The Morgan fingerprint density at radius 1 is 0.835 bits per heavy atom. The molecule has 0 saturated carbocycles. The van der Waals surface area contributed by atoms with Crippen molar-refractivity contribution in [3.05, 3.63) is 54.6 Å². The fraction of sp³-hybridized carbons (Fsp3) is 0.523. The molecule has 0 bridgehead atoms. The monoisotopic (exact) mass is 1180 g/mol. The number of fused-ring (bicyclic) bond motifs is 1. The van der Waals surface area contributed by atoms with E-state index in [9.17, 15) is 57.0 Å². The van der Waals surface area contributed by atoms with Gasteiger partial charge in [-0.2, -0.15) is 20.2 Å². The van der Waals surface area contributed by atoms with Gasteiger partial charge in [-0.1, -0.05) is 48.5 Å². The van der Waals surface area contributed by atoms with Crippen molar-refractivity contribution >= 4 is 103 Å². The number of amides is 2. The number of nitrogens with two attached hydrogens (primary N) is 6. The molecule has 1 aliphatic rings. The maximum absolute atomic E-state index is 11.9. The fourth-order valence-electron chi connectivity index (χ4n) is 5.61. The number of nitrogen functional groups attached to an aromatic ring is 1. The normalized spacial score (nSPS) is 17.4. The summed E-state index contributed by atoms with van der Waals surface area (Å²) in [5, 5.41) is 75.7. The van der Waals surface area contributed by atoms with Crippen LogP contribution in [0.4, 0.5) is 5.82 Å². The van der Waals surface area contributed by atoms with Gasteiger partial charge in [0.1, 0.15) is 66.6 Å². The lowest BCUT2D eigenvalue weighted by Crippen LogP contribution is -2.49. The van der Waals surface area contributed by atoms with Gasteiger partial charge in [0.25, 0.3) is 10.1 Å². The standard InChI is InChI=1S/C14H20N6O5S.C13H21N3O8S.C9H8O2.C5H14N2.C3H7NO5S/c15-6(14(23)24)1-2-26-3-7-9(21)10(22)13(25-7)20-5-19-8-11(16)17-4-18-12(8)20;1-6(17)13(24)25-5-8(11(21)15-4-10(19)20)16-9(18)3-2-7(14)12(22)23;10-9(11)7-6-8-4-2-1-3-5-8;6-4-2-1-3-5-7;4-2(3(5)6)1-10(7,8)9/h4-7,9-10,13,21-22H,1-3,15H2,(H,23,24)(H2,16,17,18);6-8,17H,2-5,14H2,1H3,(H,15,21)(H,16,18)(H,19,20)(H,22,23);1-7H,(H,10,11);1-7H2;2H,1,4H2,(H,5,6)(H,7,8,9)/b;;7-6+;;/t6-,7+,9+,10+,13+;;;;2-/m0...0/s1. The third kappa shape index (κ3) is 31.6. The number of ether oxygens (including phenoxy) is 1. The number of aliphatic carboxylic acids is 5. The van der Waals surface area contributed by atoms with Gasteiger partial charge in [-0.15, -0.1) is 0 Å². The lowest BCUT2D eigenvalue weighted by Gasteiger charge is -2.18. The van der Waals surface area contributed by atoms with E-state index in [2.05, 4.69) is 25.6 Å². The molecule has 1 aromatic carbocycles. The number of unbranched alkanes of at least 4 members (excludes halogenated alkanes) is 2. The first-order valence-corrected chi connectivity index (χ1v) is 27.1. The number of nitrogens with zero attached hydrogens (tertiary/aromatic N) is 4. The zero-order chi connectivity index (χ0) is 60.4. The van der Waals surface area contributed by atoms with Gasteiger partial charge in [-0.3, -0.25) is 42.7 Å². The van der Waals surface area contributed by atoms with Gasteiger partial charge in [-0.05, 0) is 63.1 Å². The van der Waals surface area contributed by atoms with Crippen LogP contribution in [0.1, 0.15) is 57.2 Å². The summed E-state index contributed by atoms with van der Waals surface area (Å²) in [5.74, 6) is -7.61. The Hall–Kier alpha value is -6.48. The number of aliphatic hydroxyl groups is 3. The lowest BCUT2D eigenvalue weighted by atomic mass is 10.1. The summed E-state index contributed by atoms with van der Waals surface area (Å²) in [5.41, 5.74) is 33.4. The van der Waals surface area contributed by atoms with Crippen LogP contribution in [0.5, 0.6) is 0 Å². The first-order valence-electron chi connectivity index (χ1n) is 23.4. The van der Waals surface area contributed by atoms with Crippen molar-refractivity contribution in [3.8, 4) is 0 Å². The number of benzene rings is 1. The van der Waals surface area contributed by atoms with Crippen molar-refractivity contribution in [1.82, 2.24) is 30.2 Å². The van der Waals surface area contributed by atoms with E-state index >= 15 is 0 Å². The van der Waals surface area contributed by atoms with E-state index < -0.39 is 124 Å². The van der Waals surface area contributed by atoms with Crippen LogP contribution in [-0.4, -0.2) is 211 Å². The number of hydrogen-bond donors (Lipinski definition) is 17. The number of hydrogen-bond acceptors (Lipinski definition) is 25. The molecule has 2 amide bonds. The Morgan fingerprint density at radius 2 is 1.42 bits per heavy atom. The molecular weight excluding hydrogens is 1110 g/mol. The minimum absolute atomic E-state index is 0.162. The first-order chi connectivity index (χ1) is 37.0. The van der Waals surface area contributed by atoms with Gasteiger partial charge in [0.2, 0.25) is 16.9 Å². The van der Waals surface area contributed by atoms with Gasteiger partial charge in [-0.25, -0.2) is 19.7 Å². The Bertz CT molecular complexity index is 2530. The number of aliphatic hydroxyl groups excluding tert-OH is 3. The molecule has 2 aromatic heterocycles. The van der Waals surface area contributed by atoms with E-state index in [1.165, 1.54) is 42.3 Å². The number of aromatic nitrogens is 4. The highest BCUT2D eigenvalue weighted by molar-refractivity contribution is 8.13. The average molecular weight is 1180 g/mol. The number of carbonyl (C=O) groups is 8. The van der Waals surface area contributed by atoms with Crippen LogP contribution >= 0.6 is 23.5 Å². The van der Waals surface area contributed by atoms with Gasteiger partial charge in [0, 0.05) is 24.0 Å². The Morgan fingerprint density at radius 3 is 1.92 bits per heavy atom. The lowest BCUT2D eigenvalue weighted by molar-refractivity contribution is -0.139. The summed E-state index contributed by atoms with van der Waals surface area (Å²) in [4.78, 5) is 98.9. The summed E-state index contributed by atoms with van der Waals surface area (Å²) in [6.45, 7) is 2.17. The summed E-state index contributed by atoms with van der Waals surface area (Å²) in [6.07, 6.45) is 3.66. The molecule has 32 nitrogen and oxygen atoms in total. The molecule has 1 fully saturated rings. The van der Waals surface area contributed by atoms with E-state index in [4.69, 9.17) is 74.3 Å². The number of carboxylic acid groups (broad SMARTS) is 5. The van der Waals surface area contributed by atoms with Gasteiger partial charge < -0.3 is 90.6 Å². The van der Waals surface area contributed by atoms with Gasteiger partial charge >= 0.3 is 29.8 Å². The largest absolute Gasteiger partial charge is 0.480 e. The molecule has 1 saturated heterocycles. The van der Waals surface area contributed by atoms with E-state index in [0.29, 0.717) is 40.9 Å². The van der Waals surface area contributed by atoms with Crippen LogP contribution in [0.2, 0.25) is 0 Å². The minimum Gasteiger partial charge on any atom is -0.480 e. The predicted molar refractivity (Wildman–Crippen MR) is 287 cm³/mol. The Kier molecular flexibility index (Phi) is 35.8. The maximum Gasteiger partial charge on any atom is 0.328 e. The highest BCUT2D eigenvalue weighted by atomic mass is 32.2. The summed E-state index contributed by atoms with van der Waals surface area (Å²) < 4.78 is 35.3. The topological polar surface area (TPSA) is 586 Å². The maximum atomic E-state index is 11.9. The molecule has 35 heteroatoms. The molecule has 23 N–H and O–H groups in total.